The van der Waals surface area contributed by atoms with Gasteiger partial charge in [-0.25, -0.2) is 0 Å². The first kappa shape index (κ1) is 14.1. The van der Waals surface area contributed by atoms with Gasteiger partial charge in [0.05, 0.1) is 0 Å². The molecule has 0 spiro atoms. The van der Waals surface area contributed by atoms with Gasteiger partial charge in [-0.1, -0.05) is 0 Å². The summed E-state index contributed by atoms with van der Waals surface area (Å²) in [6, 6.07) is 0. The number of carbonyl (C=O) groups excluding carboxylic acids is 1. The number of hydrogen-bond acceptors (Lipinski definition) is 3. The van der Waals surface area contributed by atoms with Crippen LogP contribution in [0.3, 0.4) is 0 Å². The van der Waals surface area contributed by atoms with Crippen molar-refractivity contribution in [1.82, 2.24) is 15.1 Å². The van der Waals surface area contributed by atoms with Crippen molar-refractivity contribution in [2.75, 3.05) is 45.8 Å². The first-order valence-corrected chi connectivity index (χ1v) is 8.15. The molecule has 112 valence electrons. The summed E-state index contributed by atoms with van der Waals surface area (Å²) >= 11 is 0. The molecule has 1 N–H and O–H groups in total. The molecular weight excluding hydrogens is 250 g/mol. The third-order valence-corrected chi connectivity index (χ3v) is 5.14. The first-order valence-electron chi connectivity index (χ1n) is 8.15. The van der Waals surface area contributed by atoms with E-state index in [0.717, 1.165) is 37.7 Å². The Morgan fingerprint density at radius 1 is 1.15 bits per heavy atom. The Labute approximate surface area is 122 Å². The normalized spacial score (nSPS) is 24.9. The average Bonchev–Trinajstić information content (AvgIpc) is 2.89. The van der Waals surface area contributed by atoms with Gasteiger partial charge in [0.15, 0.2) is 0 Å². The summed E-state index contributed by atoms with van der Waals surface area (Å²) in [4.78, 5) is 17.1. The second-order valence-corrected chi connectivity index (χ2v) is 6.58. The molecule has 20 heavy (non-hydrogen) atoms. The smallest absolute Gasteiger partial charge is 0.249 e. The van der Waals surface area contributed by atoms with Crippen LogP contribution in [0.15, 0.2) is 11.1 Å². The molecular formula is C16H27N3O. The van der Waals surface area contributed by atoms with Gasteiger partial charge in [-0.3, -0.25) is 4.79 Å². The van der Waals surface area contributed by atoms with Crippen molar-refractivity contribution in [2.45, 2.75) is 32.6 Å². The summed E-state index contributed by atoms with van der Waals surface area (Å²) in [5.41, 5.74) is 2.29. The number of piperidine rings is 1. The molecule has 0 aliphatic carbocycles. The predicted molar refractivity (Wildman–Crippen MR) is 80.5 cm³/mol. The quantitative estimate of drug-likeness (QED) is 0.789. The Morgan fingerprint density at radius 3 is 2.35 bits per heavy atom. The topological polar surface area (TPSA) is 35.6 Å². The molecule has 0 unspecified atom stereocenters. The highest BCUT2D eigenvalue weighted by molar-refractivity contribution is 5.94. The summed E-state index contributed by atoms with van der Waals surface area (Å²) in [6.45, 7) is 9.55. The summed E-state index contributed by atoms with van der Waals surface area (Å²) in [5, 5.41) is 3.21. The Morgan fingerprint density at radius 2 is 1.80 bits per heavy atom. The van der Waals surface area contributed by atoms with E-state index in [1.54, 1.807) is 0 Å². The van der Waals surface area contributed by atoms with Gasteiger partial charge in [-0.05, 0) is 57.2 Å². The molecule has 0 aromatic carbocycles. The van der Waals surface area contributed by atoms with Crippen LogP contribution in [0.5, 0.6) is 0 Å². The zero-order valence-electron chi connectivity index (χ0n) is 12.7. The van der Waals surface area contributed by atoms with Crippen LogP contribution in [-0.4, -0.2) is 61.5 Å². The van der Waals surface area contributed by atoms with Gasteiger partial charge in [0, 0.05) is 38.3 Å². The maximum absolute atomic E-state index is 12.4. The van der Waals surface area contributed by atoms with Crippen molar-refractivity contribution >= 4 is 5.91 Å². The molecule has 1 amide bonds. The lowest BCUT2D eigenvalue weighted by Gasteiger charge is -2.35. The second-order valence-electron chi connectivity index (χ2n) is 6.58. The number of hydrogen-bond donors (Lipinski definition) is 1. The Bertz CT molecular complexity index is 385. The van der Waals surface area contributed by atoms with Crippen LogP contribution in [-0.2, 0) is 4.79 Å². The van der Waals surface area contributed by atoms with Crippen LogP contribution in [0.1, 0.15) is 32.6 Å². The number of nitrogens with zero attached hydrogens (tertiary/aromatic N) is 2. The van der Waals surface area contributed by atoms with Crippen molar-refractivity contribution in [3.8, 4) is 0 Å². The molecule has 4 nitrogen and oxygen atoms in total. The van der Waals surface area contributed by atoms with Gasteiger partial charge < -0.3 is 15.1 Å². The van der Waals surface area contributed by atoms with Gasteiger partial charge in [0.1, 0.15) is 0 Å². The fraction of sp³-hybridized carbons (Fsp3) is 0.812. The average molecular weight is 277 g/mol. The van der Waals surface area contributed by atoms with Crippen molar-refractivity contribution in [1.29, 1.82) is 0 Å². The van der Waals surface area contributed by atoms with Gasteiger partial charge in [0.2, 0.25) is 5.91 Å². The minimum Gasteiger partial charge on any atom is -0.339 e. The number of nitrogens with one attached hydrogen (secondary N) is 1. The highest BCUT2D eigenvalue weighted by Gasteiger charge is 2.27. The van der Waals surface area contributed by atoms with Crippen LogP contribution in [0.4, 0.5) is 0 Å². The molecule has 3 aliphatic heterocycles. The Balaban J connectivity index is 1.46. The minimum absolute atomic E-state index is 0.279. The summed E-state index contributed by atoms with van der Waals surface area (Å²) in [7, 11) is 0. The number of amides is 1. The molecule has 0 aromatic heterocycles. The fourth-order valence-corrected chi connectivity index (χ4v) is 3.55. The number of likely N-dealkylation sites (tertiary alicyclic amines) is 2. The van der Waals surface area contributed by atoms with Gasteiger partial charge in [-0.15, -0.1) is 0 Å². The summed E-state index contributed by atoms with van der Waals surface area (Å²) < 4.78 is 0. The lowest BCUT2D eigenvalue weighted by Crippen LogP contribution is -2.43. The van der Waals surface area contributed by atoms with Crippen LogP contribution in [0.25, 0.3) is 0 Å². The largest absolute Gasteiger partial charge is 0.339 e. The lowest BCUT2D eigenvalue weighted by atomic mass is 9.95. The molecule has 3 rings (SSSR count). The van der Waals surface area contributed by atoms with Crippen LogP contribution >= 0.6 is 0 Å². The number of rotatable bonds is 3. The van der Waals surface area contributed by atoms with Gasteiger partial charge in [-0.2, -0.15) is 0 Å². The molecule has 0 aromatic rings. The van der Waals surface area contributed by atoms with E-state index in [2.05, 4.69) is 15.1 Å². The maximum Gasteiger partial charge on any atom is 0.249 e. The van der Waals surface area contributed by atoms with E-state index < -0.39 is 0 Å². The Kier molecular flexibility index (Phi) is 4.41. The molecule has 4 heteroatoms. The van der Waals surface area contributed by atoms with E-state index in [0.29, 0.717) is 0 Å². The molecule has 0 bridgehead atoms. The van der Waals surface area contributed by atoms with Crippen molar-refractivity contribution < 1.29 is 4.79 Å². The standard InChI is InChI=1S/C16H27N3O/c1-13(15-10-17-11-15)16(20)19-8-4-14(5-9-19)12-18-6-2-3-7-18/h14,17H,2-12H2,1H3. The summed E-state index contributed by atoms with van der Waals surface area (Å²) in [6.07, 6.45) is 5.11. The second kappa shape index (κ2) is 6.27. The lowest BCUT2D eigenvalue weighted by molar-refractivity contribution is -0.128. The molecule has 3 aliphatic rings. The van der Waals surface area contributed by atoms with E-state index in [1.165, 1.54) is 50.9 Å². The van der Waals surface area contributed by atoms with Crippen LogP contribution < -0.4 is 5.32 Å². The molecule has 0 saturated carbocycles. The molecule has 0 radical (unpaired) electrons. The third-order valence-electron chi connectivity index (χ3n) is 5.14. The Hall–Kier alpha value is -0.870. The van der Waals surface area contributed by atoms with Crippen molar-refractivity contribution in [2.24, 2.45) is 5.92 Å². The SMILES string of the molecule is CC(C(=O)N1CCC(CN2CCCC2)CC1)=C1CNC1. The van der Waals surface area contributed by atoms with E-state index in [4.69, 9.17) is 0 Å². The summed E-state index contributed by atoms with van der Waals surface area (Å²) in [5.74, 6) is 1.08. The predicted octanol–water partition coefficient (Wildman–Crippen LogP) is 1.24. The maximum atomic E-state index is 12.4. The monoisotopic (exact) mass is 277 g/mol. The van der Waals surface area contributed by atoms with Gasteiger partial charge >= 0.3 is 0 Å². The van der Waals surface area contributed by atoms with Crippen LogP contribution in [0, 0.1) is 5.92 Å². The van der Waals surface area contributed by atoms with E-state index >= 15 is 0 Å². The third kappa shape index (κ3) is 3.07. The minimum atomic E-state index is 0.279. The van der Waals surface area contributed by atoms with Crippen molar-refractivity contribution in [3.63, 3.8) is 0 Å². The molecule has 3 saturated heterocycles. The number of carbonyl (C=O) groups is 1. The van der Waals surface area contributed by atoms with Crippen molar-refractivity contribution in [3.05, 3.63) is 11.1 Å². The van der Waals surface area contributed by atoms with Gasteiger partial charge in [0.25, 0.3) is 0 Å². The van der Waals surface area contributed by atoms with E-state index in [-0.39, 0.29) is 5.91 Å². The molecule has 0 atom stereocenters. The molecule has 3 heterocycles. The van der Waals surface area contributed by atoms with E-state index in [1.807, 2.05) is 6.92 Å². The highest BCUT2D eigenvalue weighted by Crippen LogP contribution is 2.22. The first-order chi connectivity index (χ1) is 9.74. The fourth-order valence-electron chi connectivity index (χ4n) is 3.55. The zero-order chi connectivity index (χ0) is 13.9. The van der Waals surface area contributed by atoms with E-state index in [9.17, 15) is 4.79 Å². The zero-order valence-corrected chi connectivity index (χ0v) is 12.7. The highest BCUT2D eigenvalue weighted by atomic mass is 16.2. The van der Waals surface area contributed by atoms with Crippen LogP contribution in [0.2, 0.25) is 0 Å². The molecule has 3 fully saturated rings.